The van der Waals surface area contributed by atoms with E-state index >= 15 is 0 Å². The Hall–Kier alpha value is -2.00. The van der Waals surface area contributed by atoms with Crippen LogP contribution in [0.4, 0.5) is 0 Å². The smallest absolute Gasteiger partial charge is 0.120 e. The predicted octanol–water partition coefficient (Wildman–Crippen LogP) is 6.08. The van der Waals surface area contributed by atoms with Gasteiger partial charge >= 0.3 is 0 Å². The van der Waals surface area contributed by atoms with Gasteiger partial charge in [0.25, 0.3) is 0 Å². The molecule has 28 heavy (non-hydrogen) atoms. The third-order valence-electron chi connectivity index (χ3n) is 5.41. The Morgan fingerprint density at radius 1 is 0.643 bits per heavy atom. The van der Waals surface area contributed by atoms with E-state index in [1.54, 1.807) is 0 Å². The lowest BCUT2D eigenvalue weighted by atomic mass is 10.1. The van der Waals surface area contributed by atoms with Crippen LogP contribution in [-0.2, 0) is 6.61 Å². The second kappa shape index (κ2) is 12.5. The molecular formula is C25H35NO2. The molecule has 0 N–H and O–H groups in total. The number of piperidine rings is 1. The number of benzene rings is 2. The minimum atomic E-state index is 0.596. The molecule has 0 unspecified atom stereocenters. The molecule has 0 atom stereocenters. The fourth-order valence-corrected chi connectivity index (χ4v) is 3.71. The van der Waals surface area contributed by atoms with E-state index in [9.17, 15) is 0 Å². The Morgan fingerprint density at radius 3 is 2.04 bits per heavy atom. The molecule has 3 rings (SSSR count). The van der Waals surface area contributed by atoms with Crippen LogP contribution in [0.2, 0.25) is 0 Å². The van der Waals surface area contributed by atoms with Crippen LogP contribution in [0, 0.1) is 0 Å². The maximum Gasteiger partial charge on any atom is 0.120 e. The van der Waals surface area contributed by atoms with Gasteiger partial charge < -0.3 is 14.4 Å². The first-order chi connectivity index (χ1) is 13.9. The number of ether oxygens (including phenoxy) is 2. The first-order valence-corrected chi connectivity index (χ1v) is 11.0. The molecule has 0 aliphatic carbocycles. The summed E-state index contributed by atoms with van der Waals surface area (Å²) in [5, 5.41) is 0. The molecule has 2 aromatic carbocycles. The van der Waals surface area contributed by atoms with Crippen molar-refractivity contribution in [1.82, 2.24) is 4.90 Å². The molecule has 1 fully saturated rings. The molecule has 1 aliphatic heterocycles. The van der Waals surface area contributed by atoms with Gasteiger partial charge in [0, 0.05) is 0 Å². The van der Waals surface area contributed by atoms with Crippen LogP contribution in [0.25, 0.3) is 0 Å². The number of rotatable bonds is 12. The van der Waals surface area contributed by atoms with Crippen molar-refractivity contribution in [2.75, 3.05) is 26.2 Å². The highest BCUT2D eigenvalue weighted by molar-refractivity contribution is 5.31. The second-order valence-electron chi connectivity index (χ2n) is 7.76. The predicted molar refractivity (Wildman–Crippen MR) is 116 cm³/mol. The number of hydrogen-bond donors (Lipinski definition) is 0. The van der Waals surface area contributed by atoms with Crippen molar-refractivity contribution in [3.05, 3.63) is 60.2 Å². The lowest BCUT2D eigenvalue weighted by molar-refractivity contribution is 0.223. The highest BCUT2D eigenvalue weighted by atomic mass is 16.5. The molecule has 2 aromatic rings. The van der Waals surface area contributed by atoms with Gasteiger partial charge in [0.1, 0.15) is 18.1 Å². The summed E-state index contributed by atoms with van der Waals surface area (Å²) in [6, 6.07) is 18.2. The quantitative estimate of drug-likeness (QED) is 0.416. The van der Waals surface area contributed by atoms with Crippen LogP contribution in [0.3, 0.4) is 0 Å². The molecule has 3 nitrogen and oxygen atoms in total. The normalized spacial score (nSPS) is 14.7. The summed E-state index contributed by atoms with van der Waals surface area (Å²) < 4.78 is 11.7. The number of nitrogens with zero attached hydrogens (tertiary/aromatic N) is 1. The van der Waals surface area contributed by atoms with Crippen molar-refractivity contribution in [1.29, 1.82) is 0 Å². The largest absolute Gasteiger partial charge is 0.494 e. The van der Waals surface area contributed by atoms with E-state index in [4.69, 9.17) is 9.47 Å². The third-order valence-corrected chi connectivity index (χ3v) is 5.41. The van der Waals surface area contributed by atoms with Gasteiger partial charge in [0.05, 0.1) is 6.61 Å². The van der Waals surface area contributed by atoms with Crippen LogP contribution in [0.5, 0.6) is 11.5 Å². The van der Waals surface area contributed by atoms with Crippen molar-refractivity contribution in [2.24, 2.45) is 0 Å². The van der Waals surface area contributed by atoms with Crippen LogP contribution >= 0.6 is 0 Å². The molecule has 0 saturated carbocycles. The van der Waals surface area contributed by atoms with Crippen molar-refractivity contribution in [3.63, 3.8) is 0 Å². The Kier molecular flexibility index (Phi) is 9.22. The topological polar surface area (TPSA) is 21.7 Å². The minimum Gasteiger partial charge on any atom is -0.494 e. The minimum absolute atomic E-state index is 0.596. The van der Waals surface area contributed by atoms with Gasteiger partial charge in [-0.2, -0.15) is 0 Å². The average molecular weight is 382 g/mol. The Balaban J connectivity index is 1.20. The van der Waals surface area contributed by atoms with E-state index in [1.807, 2.05) is 42.5 Å². The van der Waals surface area contributed by atoms with Gasteiger partial charge in [-0.15, -0.1) is 0 Å². The van der Waals surface area contributed by atoms with Gasteiger partial charge in [0.2, 0.25) is 0 Å². The first kappa shape index (κ1) is 20.7. The standard InChI is InChI=1S/C25H35NO2/c1(2-8-18-26-19-9-5-10-20-26)3-11-21-27-24-14-16-25(17-15-24)28-22-23-12-6-4-7-13-23/h4,6-7,12-17H,1-3,5,8-11,18-22H2. The van der Waals surface area contributed by atoms with E-state index in [-0.39, 0.29) is 0 Å². The number of likely N-dealkylation sites (tertiary alicyclic amines) is 1. The molecule has 0 bridgehead atoms. The maximum absolute atomic E-state index is 5.86. The zero-order valence-corrected chi connectivity index (χ0v) is 17.2. The fraction of sp³-hybridized carbons (Fsp3) is 0.520. The summed E-state index contributed by atoms with van der Waals surface area (Å²) in [5.41, 5.74) is 1.18. The maximum atomic E-state index is 5.86. The molecular weight excluding hydrogens is 346 g/mol. The molecule has 1 heterocycles. The molecule has 152 valence electrons. The Bertz CT molecular complexity index is 635. The lowest BCUT2D eigenvalue weighted by Gasteiger charge is -2.26. The average Bonchev–Trinajstić information content (AvgIpc) is 2.76. The second-order valence-corrected chi connectivity index (χ2v) is 7.76. The summed E-state index contributed by atoms with van der Waals surface area (Å²) in [4.78, 5) is 2.64. The number of hydrogen-bond acceptors (Lipinski definition) is 3. The highest BCUT2D eigenvalue weighted by Gasteiger charge is 2.08. The molecule has 0 amide bonds. The monoisotopic (exact) mass is 381 g/mol. The fourth-order valence-electron chi connectivity index (χ4n) is 3.71. The Morgan fingerprint density at radius 2 is 1.29 bits per heavy atom. The molecule has 0 spiro atoms. The highest BCUT2D eigenvalue weighted by Crippen LogP contribution is 2.19. The van der Waals surface area contributed by atoms with E-state index in [0.29, 0.717) is 6.61 Å². The zero-order chi connectivity index (χ0) is 19.3. The van der Waals surface area contributed by atoms with Crippen molar-refractivity contribution < 1.29 is 9.47 Å². The molecule has 1 saturated heterocycles. The van der Waals surface area contributed by atoms with Gasteiger partial charge in [-0.1, -0.05) is 56.0 Å². The summed E-state index contributed by atoms with van der Waals surface area (Å²) in [6.07, 6.45) is 10.7. The van der Waals surface area contributed by atoms with E-state index in [0.717, 1.165) is 24.5 Å². The lowest BCUT2D eigenvalue weighted by Crippen LogP contribution is -2.30. The molecule has 3 heteroatoms. The first-order valence-electron chi connectivity index (χ1n) is 11.0. The van der Waals surface area contributed by atoms with Crippen LogP contribution in [0.15, 0.2) is 54.6 Å². The van der Waals surface area contributed by atoms with Crippen LogP contribution in [0.1, 0.15) is 56.9 Å². The summed E-state index contributed by atoms with van der Waals surface area (Å²) in [5.74, 6) is 1.81. The van der Waals surface area contributed by atoms with Gasteiger partial charge in [-0.3, -0.25) is 0 Å². The molecule has 0 radical (unpaired) electrons. The van der Waals surface area contributed by atoms with E-state index in [2.05, 4.69) is 17.0 Å². The molecule has 0 aromatic heterocycles. The molecule has 1 aliphatic rings. The van der Waals surface area contributed by atoms with E-state index < -0.39 is 0 Å². The van der Waals surface area contributed by atoms with Crippen LogP contribution in [-0.4, -0.2) is 31.1 Å². The third kappa shape index (κ3) is 7.93. The zero-order valence-electron chi connectivity index (χ0n) is 17.2. The Labute approximate surface area is 170 Å². The summed E-state index contributed by atoms with van der Waals surface area (Å²) >= 11 is 0. The van der Waals surface area contributed by atoms with Gasteiger partial charge in [0.15, 0.2) is 0 Å². The summed E-state index contributed by atoms with van der Waals surface area (Å²) in [7, 11) is 0. The van der Waals surface area contributed by atoms with Crippen LogP contribution < -0.4 is 9.47 Å². The summed E-state index contributed by atoms with van der Waals surface area (Å²) in [6.45, 7) is 5.35. The van der Waals surface area contributed by atoms with E-state index in [1.165, 1.54) is 70.1 Å². The SMILES string of the molecule is c1ccc(COc2ccc(OCCCCCCCN3CCCCC3)cc2)cc1. The van der Waals surface area contributed by atoms with Crippen molar-refractivity contribution in [2.45, 2.75) is 58.0 Å². The number of unbranched alkanes of at least 4 members (excludes halogenated alkanes) is 4. The van der Waals surface area contributed by atoms with Gasteiger partial charge in [-0.25, -0.2) is 0 Å². The van der Waals surface area contributed by atoms with Crippen molar-refractivity contribution in [3.8, 4) is 11.5 Å². The van der Waals surface area contributed by atoms with Gasteiger partial charge in [-0.05, 0) is 75.1 Å². The van der Waals surface area contributed by atoms with Crippen molar-refractivity contribution >= 4 is 0 Å².